The van der Waals surface area contributed by atoms with Crippen molar-refractivity contribution in [1.82, 2.24) is 9.80 Å². The summed E-state index contributed by atoms with van der Waals surface area (Å²) in [6, 6.07) is 11.8. The number of aliphatic hydroxyl groups excluding tert-OH is 1. The van der Waals surface area contributed by atoms with E-state index in [1.165, 1.54) is 5.56 Å². The van der Waals surface area contributed by atoms with Crippen molar-refractivity contribution < 1.29 is 28.8 Å². The molecule has 0 aliphatic carbocycles. The lowest BCUT2D eigenvalue weighted by Gasteiger charge is -2.35. The van der Waals surface area contributed by atoms with E-state index in [2.05, 4.69) is 21.9 Å². The van der Waals surface area contributed by atoms with E-state index in [9.17, 15) is 5.11 Å². The van der Waals surface area contributed by atoms with E-state index in [1.54, 1.807) is 14.2 Å². The second-order valence-corrected chi connectivity index (χ2v) is 8.12. The van der Waals surface area contributed by atoms with Crippen LogP contribution in [0.15, 0.2) is 36.4 Å². The van der Waals surface area contributed by atoms with Crippen molar-refractivity contribution in [3.8, 4) is 23.0 Å². The van der Waals surface area contributed by atoms with Crippen molar-refractivity contribution in [1.29, 1.82) is 0 Å². The zero-order chi connectivity index (χ0) is 22.3. The highest BCUT2D eigenvalue weighted by molar-refractivity contribution is 5.44. The summed E-state index contributed by atoms with van der Waals surface area (Å²) in [5, 5.41) is 10.4. The molecule has 2 aliphatic heterocycles. The largest absolute Gasteiger partial charge is 0.493 e. The molecule has 8 heteroatoms. The zero-order valence-electron chi connectivity index (χ0n) is 18.8. The molecule has 0 bridgehead atoms. The standard InChI is InChI=1S/C24H32N2O6/c1-28-21-5-4-19(12-23(21)29-2)15-30-16-20(27)14-26-9-7-25(8-10-26)13-18-3-6-22-24(11-18)32-17-31-22/h3-6,11-12,20,27H,7-10,13-17H2,1-2H3/t20-/m1/s1. The van der Waals surface area contributed by atoms with Gasteiger partial charge in [-0.15, -0.1) is 0 Å². The number of hydrogen-bond donors (Lipinski definition) is 1. The van der Waals surface area contributed by atoms with Crippen LogP contribution in [0.1, 0.15) is 11.1 Å². The molecule has 2 aromatic carbocycles. The van der Waals surface area contributed by atoms with Gasteiger partial charge in [0.25, 0.3) is 0 Å². The Hall–Kier alpha value is -2.52. The summed E-state index contributed by atoms with van der Waals surface area (Å²) >= 11 is 0. The molecule has 0 spiro atoms. The van der Waals surface area contributed by atoms with Gasteiger partial charge in [-0.1, -0.05) is 12.1 Å². The molecular weight excluding hydrogens is 412 g/mol. The summed E-state index contributed by atoms with van der Waals surface area (Å²) in [6.45, 7) is 6.31. The highest BCUT2D eigenvalue weighted by Gasteiger charge is 2.20. The minimum absolute atomic E-state index is 0.297. The zero-order valence-corrected chi connectivity index (χ0v) is 18.8. The van der Waals surface area contributed by atoms with Crippen molar-refractivity contribution in [3.63, 3.8) is 0 Å². The Morgan fingerprint density at radius 1 is 0.875 bits per heavy atom. The molecular formula is C24H32N2O6. The molecule has 2 heterocycles. The number of fused-ring (bicyclic) bond motifs is 1. The van der Waals surface area contributed by atoms with Crippen LogP contribution in [-0.2, 0) is 17.9 Å². The first-order chi connectivity index (χ1) is 15.6. The van der Waals surface area contributed by atoms with Crippen LogP contribution < -0.4 is 18.9 Å². The molecule has 0 radical (unpaired) electrons. The lowest BCUT2D eigenvalue weighted by molar-refractivity contribution is 0.000837. The first-order valence-electron chi connectivity index (χ1n) is 10.9. The second-order valence-electron chi connectivity index (χ2n) is 8.12. The third-order valence-electron chi connectivity index (χ3n) is 5.80. The Morgan fingerprint density at radius 2 is 1.59 bits per heavy atom. The van der Waals surface area contributed by atoms with Crippen LogP contribution in [0.2, 0.25) is 0 Å². The average molecular weight is 445 g/mol. The van der Waals surface area contributed by atoms with Gasteiger partial charge in [0.2, 0.25) is 6.79 Å². The van der Waals surface area contributed by atoms with Crippen molar-refractivity contribution in [3.05, 3.63) is 47.5 Å². The summed E-state index contributed by atoms with van der Waals surface area (Å²) < 4.78 is 27.1. The maximum Gasteiger partial charge on any atom is 0.231 e. The number of methoxy groups -OCH3 is 2. The number of piperazine rings is 1. The van der Waals surface area contributed by atoms with E-state index in [1.807, 2.05) is 24.3 Å². The smallest absolute Gasteiger partial charge is 0.231 e. The molecule has 1 saturated heterocycles. The van der Waals surface area contributed by atoms with Crippen molar-refractivity contribution in [2.24, 2.45) is 0 Å². The van der Waals surface area contributed by atoms with Crippen LogP contribution in [-0.4, -0.2) is 81.4 Å². The quantitative estimate of drug-likeness (QED) is 0.598. The number of rotatable bonds is 10. The number of benzene rings is 2. The third-order valence-corrected chi connectivity index (χ3v) is 5.80. The minimum atomic E-state index is -0.518. The molecule has 8 nitrogen and oxygen atoms in total. The van der Waals surface area contributed by atoms with Gasteiger partial charge in [-0.3, -0.25) is 9.80 Å². The molecule has 1 atom stereocenters. The monoisotopic (exact) mass is 444 g/mol. The molecule has 4 rings (SSSR count). The Labute approximate surface area is 189 Å². The molecule has 1 fully saturated rings. The predicted molar refractivity (Wildman–Crippen MR) is 119 cm³/mol. The van der Waals surface area contributed by atoms with E-state index in [-0.39, 0.29) is 0 Å². The summed E-state index contributed by atoms with van der Waals surface area (Å²) in [5.74, 6) is 3.01. The van der Waals surface area contributed by atoms with Gasteiger partial charge < -0.3 is 28.8 Å². The Bertz CT molecular complexity index is 885. The van der Waals surface area contributed by atoms with E-state index in [0.717, 1.165) is 49.8 Å². The predicted octanol–water partition coefficient (Wildman–Crippen LogP) is 2.13. The topological polar surface area (TPSA) is 72.9 Å². The van der Waals surface area contributed by atoms with Crippen molar-refractivity contribution >= 4 is 0 Å². The fourth-order valence-electron chi connectivity index (χ4n) is 4.06. The first-order valence-corrected chi connectivity index (χ1v) is 10.9. The normalized spacial score (nSPS) is 17.3. The van der Waals surface area contributed by atoms with E-state index >= 15 is 0 Å². The third kappa shape index (κ3) is 5.83. The number of ether oxygens (including phenoxy) is 5. The molecule has 174 valence electrons. The van der Waals surface area contributed by atoms with Gasteiger partial charge in [-0.25, -0.2) is 0 Å². The first kappa shape index (κ1) is 22.7. The van der Waals surface area contributed by atoms with Crippen LogP contribution in [0.3, 0.4) is 0 Å². The van der Waals surface area contributed by atoms with Gasteiger partial charge in [0.15, 0.2) is 23.0 Å². The van der Waals surface area contributed by atoms with E-state index in [4.69, 9.17) is 23.7 Å². The molecule has 0 amide bonds. The van der Waals surface area contributed by atoms with Crippen molar-refractivity contribution in [2.75, 3.05) is 60.3 Å². The van der Waals surface area contributed by atoms with Gasteiger partial charge in [0.1, 0.15) is 0 Å². The highest BCUT2D eigenvalue weighted by atomic mass is 16.7. The molecule has 32 heavy (non-hydrogen) atoms. The Balaban J connectivity index is 1.15. The summed E-state index contributed by atoms with van der Waals surface area (Å²) in [6.07, 6.45) is -0.518. The molecule has 2 aromatic rings. The molecule has 1 N–H and O–H groups in total. The molecule has 2 aliphatic rings. The molecule has 0 saturated carbocycles. The minimum Gasteiger partial charge on any atom is -0.493 e. The average Bonchev–Trinajstić information content (AvgIpc) is 3.28. The van der Waals surface area contributed by atoms with Crippen LogP contribution in [0, 0.1) is 0 Å². The van der Waals surface area contributed by atoms with E-state index in [0.29, 0.717) is 38.1 Å². The number of nitrogens with zero attached hydrogens (tertiary/aromatic N) is 2. The van der Waals surface area contributed by atoms with Crippen LogP contribution in [0.4, 0.5) is 0 Å². The van der Waals surface area contributed by atoms with Gasteiger partial charge in [0, 0.05) is 39.3 Å². The Kier molecular flexibility index (Phi) is 7.70. The van der Waals surface area contributed by atoms with E-state index < -0.39 is 6.10 Å². The summed E-state index contributed by atoms with van der Waals surface area (Å²) in [7, 11) is 3.22. The Morgan fingerprint density at radius 3 is 2.38 bits per heavy atom. The van der Waals surface area contributed by atoms with Crippen LogP contribution in [0.25, 0.3) is 0 Å². The SMILES string of the molecule is COc1ccc(COC[C@H](O)CN2CCN(Cc3ccc4c(c3)OCO4)CC2)cc1OC. The van der Waals surface area contributed by atoms with Gasteiger partial charge >= 0.3 is 0 Å². The number of β-amino-alcohol motifs (C(OH)–C–C–N with tert-alkyl or cyclic N) is 1. The maximum atomic E-state index is 10.4. The van der Waals surface area contributed by atoms with Crippen LogP contribution in [0.5, 0.6) is 23.0 Å². The summed E-state index contributed by atoms with van der Waals surface area (Å²) in [5.41, 5.74) is 2.21. The molecule has 0 aromatic heterocycles. The number of aliphatic hydroxyl groups is 1. The van der Waals surface area contributed by atoms with Gasteiger partial charge in [-0.2, -0.15) is 0 Å². The second kappa shape index (κ2) is 10.9. The molecule has 0 unspecified atom stereocenters. The van der Waals surface area contributed by atoms with Gasteiger partial charge in [0.05, 0.1) is 33.5 Å². The maximum absolute atomic E-state index is 10.4. The lowest BCUT2D eigenvalue weighted by Crippen LogP contribution is -2.48. The van der Waals surface area contributed by atoms with Gasteiger partial charge in [-0.05, 0) is 35.4 Å². The number of hydrogen-bond acceptors (Lipinski definition) is 8. The highest BCUT2D eigenvalue weighted by Crippen LogP contribution is 2.33. The fourth-order valence-corrected chi connectivity index (χ4v) is 4.06. The fraction of sp³-hybridized carbons (Fsp3) is 0.500. The van der Waals surface area contributed by atoms with Crippen LogP contribution >= 0.6 is 0 Å². The summed E-state index contributed by atoms with van der Waals surface area (Å²) in [4.78, 5) is 4.72. The van der Waals surface area contributed by atoms with Crippen molar-refractivity contribution in [2.45, 2.75) is 19.3 Å². The lowest BCUT2D eigenvalue weighted by atomic mass is 10.1.